The number of nitrogen functional groups attached to an aromatic ring is 1. The highest BCUT2D eigenvalue weighted by Crippen LogP contribution is 2.15. The molecule has 0 bridgehead atoms. The van der Waals surface area contributed by atoms with Crippen molar-refractivity contribution in [3.8, 4) is 0 Å². The third-order valence-corrected chi connectivity index (χ3v) is 3.04. The van der Waals surface area contributed by atoms with Crippen molar-refractivity contribution in [3.63, 3.8) is 0 Å². The number of anilines is 2. The monoisotopic (exact) mass is 240 g/mol. The molecule has 1 aromatic carbocycles. The van der Waals surface area contributed by atoms with E-state index in [2.05, 4.69) is 0 Å². The summed E-state index contributed by atoms with van der Waals surface area (Å²) >= 11 is 1.42. The second kappa shape index (κ2) is 6.40. The molecule has 0 radical (unpaired) electrons. The van der Waals surface area contributed by atoms with Crippen LogP contribution in [0.4, 0.5) is 11.4 Å². The van der Waals surface area contributed by atoms with Crippen molar-refractivity contribution in [2.45, 2.75) is 0 Å². The molecule has 0 aliphatic heterocycles. The molecular weight excluding hydrogens is 224 g/mol. The Morgan fingerprint density at radius 2 is 2.06 bits per heavy atom. The molecule has 0 fully saturated rings. The molecular formula is C11H16N2O2S. The van der Waals surface area contributed by atoms with Gasteiger partial charge in [-0.25, -0.2) is 0 Å². The van der Waals surface area contributed by atoms with Gasteiger partial charge in [0.2, 0.25) is 5.91 Å². The number of nitrogens with two attached hydrogens (primary N) is 1. The third kappa shape index (κ3) is 3.75. The summed E-state index contributed by atoms with van der Waals surface area (Å²) in [6.07, 6.45) is 0. The minimum absolute atomic E-state index is 0.0169. The number of carbonyl (C=O) groups is 1. The van der Waals surface area contributed by atoms with Crippen molar-refractivity contribution < 1.29 is 9.90 Å². The minimum Gasteiger partial charge on any atom is -0.399 e. The number of thioether (sulfide) groups is 1. The first kappa shape index (κ1) is 12.9. The summed E-state index contributed by atoms with van der Waals surface area (Å²) in [4.78, 5) is 13.3. The summed E-state index contributed by atoms with van der Waals surface area (Å²) in [5.74, 6) is 0.978. The Morgan fingerprint density at radius 3 is 2.62 bits per heavy atom. The third-order valence-electron chi connectivity index (χ3n) is 2.12. The first-order valence-electron chi connectivity index (χ1n) is 4.96. The van der Waals surface area contributed by atoms with Crippen molar-refractivity contribution in [2.75, 3.05) is 35.8 Å². The van der Waals surface area contributed by atoms with Gasteiger partial charge in [0.25, 0.3) is 0 Å². The van der Waals surface area contributed by atoms with Gasteiger partial charge in [0.15, 0.2) is 0 Å². The number of amides is 1. The number of rotatable bonds is 5. The lowest BCUT2D eigenvalue weighted by Gasteiger charge is -2.17. The van der Waals surface area contributed by atoms with Crippen LogP contribution < -0.4 is 10.6 Å². The number of nitrogens with zero attached hydrogens (tertiary/aromatic N) is 1. The maximum atomic E-state index is 11.7. The van der Waals surface area contributed by atoms with E-state index in [4.69, 9.17) is 10.8 Å². The van der Waals surface area contributed by atoms with Crippen LogP contribution in [0.5, 0.6) is 0 Å². The van der Waals surface area contributed by atoms with Crippen molar-refractivity contribution in [1.29, 1.82) is 0 Å². The van der Waals surface area contributed by atoms with Crippen molar-refractivity contribution >= 4 is 29.0 Å². The molecule has 1 aromatic rings. The van der Waals surface area contributed by atoms with Gasteiger partial charge < -0.3 is 15.7 Å². The topological polar surface area (TPSA) is 66.6 Å². The molecule has 0 saturated heterocycles. The lowest BCUT2D eigenvalue weighted by atomic mass is 10.2. The van der Waals surface area contributed by atoms with Gasteiger partial charge in [-0.05, 0) is 24.3 Å². The highest BCUT2D eigenvalue weighted by atomic mass is 32.2. The molecule has 1 rings (SSSR count). The fourth-order valence-electron chi connectivity index (χ4n) is 1.16. The Bertz CT molecular complexity index is 340. The van der Waals surface area contributed by atoms with Crippen LogP contribution in [0.3, 0.4) is 0 Å². The van der Waals surface area contributed by atoms with Gasteiger partial charge in [0.1, 0.15) is 0 Å². The van der Waals surface area contributed by atoms with E-state index in [1.165, 1.54) is 11.8 Å². The quantitative estimate of drug-likeness (QED) is 0.594. The Balaban J connectivity index is 2.53. The Kier molecular flexibility index (Phi) is 5.14. The molecule has 0 spiro atoms. The smallest absolute Gasteiger partial charge is 0.236 e. The Morgan fingerprint density at radius 1 is 1.44 bits per heavy atom. The molecule has 1 amide bonds. The SMILES string of the molecule is CN(C(=O)CSCCO)c1ccc(N)cc1. The fourth-order valence-corrected chi connectivity index (χ4v) is 1.80. The molecule has 0 aliphatic carbocycles. The van der Waals surface area contributed by atoms with Crippen LogP contribution in [-0.4, -0.2) is 36.2 Å². The zero-order valence-corrected chi connectivity index (χ0v) is 10.0. The van der Waals surface area contributed by atoms with E-state index >= 15 is 0 Å². The predicted octanol–water partition coefficient (Wildman–Crippen LogP) is 0.957. The molecule has 0 unspecified atom stereocenters. The van der Waals surface area contributed by atoms with Crippen LogP contribution in [0.25, 0.3) is 0 Å². The normalized spacial score (nSPS) is 10.1. The van der Waals surface area contributed by atoms with Gasteiger partial charge in [0.05, 0.1) is 12.4 Å². The van der Waals surface area contributed by atoms with Gasteiger partial charge in [-0.2, -0.15) is 0 Å². The molecule has 0 heterocycles. The fraction of sp³-hybridized carbons (Fsp3) is 0.364. The van der Waals surface area contributed by atoms with E-state index in [0.29, 0.717) is 17.2 Å². The van der Waals surface area contributed by atoms with Crippen molar-refractivity contribution in [1.82, 2.24) is 0 Å². The largest absolute Gasteiger partial charge is 0.399 e. The lowest BCUT2D eigenvalue weighted by molar-refractivity contribution is -0.115. The number of carbonyl (C=O) groups excluding carboxylic acids is 1. The summed E-state index contributed by atoms with van der Waals surface area (Å²) in [6.45, 7) is 0.101. The predicted molar refractivity (Wildman–Crippen MR) is 68.7 cm³/mol. The number of benzene rings is 1. The van der Waals surface area contributed by atoms with Crippen LogP contribution in [0, 0.1) is 0 Å². The van der Waals surface area contributed by atoms with E-state index in [0.717, 1.165) is 5.69 Å². The first-order chi connectivity index (χ1) is 7.65. The number of hydrogen-bond donors (Lipinski definition) is 2. The maximum Gasteiger partial charge on any atom is 0.236 e. The molecule has 5 heteroatoms. The molecule has 0 saturated carbocycles. The molecule has 4 nitrogen and oxygen atoms in total. The van der Waals surface area contributed by atoms with Gasteiger partial charge >= 0.3 is 0 Å². The molecule has 0 atom stereocenters. The van der Waals surface area contributed by atoms with Crippen LogP contribution in [0.15, 0.2) is 24.3 Å². The molecule has 88 valence electrons. The zero-order chi connectivity index (χ0) is 12.0. The van der Waals surface area contributed by atoms with E-state index in [1.807, 2.05) is 12.1 Å². The Labute approximate surface area is 99.4 Å². The molecule has 3 N–H and O–H groups in total. The van der Waals surface area contributed by atoms with Crippen LogP contribution in [0.2, 0.25) is 0 Å². The second-order valence-corrected chi connectivity index (χ2v) is 4.43. The number of aliphatic hydroxyl groups excluding tert-OH is 1. The van der Waals surface area contributed by atoms with Gasteiger partial charge in [-0.3, -0.25) is 4.79 Å². The van der Waals surface area contributed by atoms with E-state index < -0.39 is 0 Å². The average Bonchev–Trinajstić information content (AvgIpc) is 2.29. The second-order valence-electron chi connectivity index (χ2n) is 3.32. The highest BCUT2D eigenvalue weighted by molar-refractivity contribution is 7.99. The van der Waals surface area contributed by atoms with Gasteiger partial charge in [-0.15, -0.1) is 11.8 Å². The summed E-state index contributed by atoms with van der Waals surface area (Å²) < 4.78 is 0. The Hall–Kier alpha value is -1.20. The summed E-state index contributed by atoms with van der Waals surface area (Å²) in [7, 11) is 1.73. The highest BCUT2D eigenvalue weighted by Gasteiger charge is 2.10. The van der Waals surface area contributed by atoms with Gasteiger partial charge in [0, 0.05) is 24.2 Å². The average molecular weight is 240 g/mol. The van der Waals surface area contributed by atoms with Crippen LogP contribution in [-0.2, 0) is 4.79 Å². The standard InChI is InChI=1S/C11H16N2O2S/c1-13(11(15)8-16-7-6-14)10-4-2-9(12)3-5-10/h2-5,14H,6-8,12H2,1H3. The minimum atomic E-state index is 0.0169. The van der Waals surface area contributed by atoms with Gasteiger partial charge in [-0.1, -0.05) is 0 Å². The van der Waals surface area contributed by atoms with E-state index in [9.17, 15) is 4.79 Å². The van der Waals surface area contributed by atoms with Crippen molar-refractivity contribution in [3.05, 3.63) is 24.3 Å². The zero-order valence-electron chi connectivity index (χ0n) is 9.22. The van der Waals surface area contributed by atoms with E-state index in [-0.39, 0.29) is 12.5 Å². The van der Waals surface area contributed by atoms with Crippen LogP contribution >= 0.6 is 11.8 Å². The summed E-state index contributed by atoms with van der Waals surface area (Å²) in [5.41, 5.74) is 7.07. The lowest BCUT2D eigenvalue weighted by Crippen LogP contribution is -2.28. The summed E-state index contributed by atoms with van der Waals surface area (Å²) in [5, 5.41) is 8.61. The number of aliphatic hydroxyl groups is 1. The van der Waals surface area contributed by atoms with Crippen LogP contribution in [0.1, 0.15) is 0 Å². The molecule has 16 heavy (non-hydrogen) atoms. The number of hydrogen-bond acceptors (Lipinski definition) is 4. The summed E-state index contributed by atoms with van der Waals surface area (Å²) in [6, 6.07) is 7.15. The van der Waals surface area contributed by atoms with E-state index in [1.54, 1.807) is 24.1 Å². The maximum absolute atomic E-state index is 11.7. The molecule has 0 aromatic heterocycles. The first-order valence-corrected chi connectivity index (χ1v) is 6.11. The molecule has 0 aliphatic rings. The van der Waals surface area contributed by atoms with Crippen molar-refractivity contribution in [2.24, 2.45) is 0 Å².